The van der Waals surface area contributed by atoms with Crippen LogP contribution in [0.1, 0.15) is 36.2 Å². The van der Waals surface area contributed by atoms with Gasteiger partial charge >= 0.3 is 5.97 Å². The molecule has 9 heteroatoms. The zero-order chi connectivity index (χ0) is 24.4. The second kappa shape index (κ2) is 12.1. The highest BCUT2D eigenvalue weighted by atomic mass is 19.1. The Morgan fingerprint density at radius 2 is 2.09 bits per heavy atom. The van der Waals surface area contributed by atoms with Crippen molar-refractivity contribution in [1.82, 2.24) is 10.7 Å². The van der Waals surface area contributed by atoms with Gasteiger partial charge in [-0.2, -0.15) is 5.10 Å². The first-order valence-corrected chi connectivity index (χ1v) is 10.1. The number of carbonyl (C=O) groups is 2. The number of hydrogen-bond donors (Lipinski definition) is 4. The molecule has 174 valence electrons. The van der Waals surface area contributed by atoms with Gasteiger partial charge in [-0.25, -0.2) is 13.6 Å². The SMILES string of the molecule is C/C(=N\NC1=CC=CCC(c2cccc(C(=O)O)c2)=C1O)C(C)/C=C(F)\C=C(\F)CNC=O. The van der Waals surface area contributed by atoms with Crippen molar-refractivity contribution < 1.29 is 28.6 Å². The van der Waals surface area contributed by atoms with Crippen molar-refractivity contribution >= 4 is 23.7 Å². The molecule has 1 aliphatic carbocycles. The minimum absolute atomic E-state index is 0.0962. The number of hydrazone groups is 1. The van der Waals surface area contributed by atoms with Crippen molar-refractivity contribution in [2.24, 2.45) is 11.0 Å². The Labute approximate surface area is 190 Å². The van der Waals surface area contributed by atoms with E-state index in [1.165, 1.54) is 18.2 Å². The van der Waals surface area contributed by atoms with E-state index in [-0.39, 0.29) is 17.0 Å². The maximum Gasteiger partial charge on any atom is 0.335 e. The Hall–Kier alpha value is -4.01. The number of rotatable bonds is 10. The van der Waals surface area contributed by atoms with Crippen LogP contribution in [-0.4, -0.2) is 34.8 Å². The lowest BCUT2D eigenvalue weighted by molar-refractivity contribution is -0.109. The van der Waals surface area contributed by atoms with Gasteiger partial charge in [0.1, 0.15) is 17.4 Å². The quantitative estimate of drug-likeness (QED) is 0.178. The molecule has 1 aromatic carbocycles. The minimum Gasteiger partial charge on any atom is -0.505 e. The lowest BCUT2D eigenvalue weighted by Crippen LogP contribution is -2.15. The third-order valence-electron chi connectivity index (χ3n) is 4.79. The summed E-state index contributed by atoms with van der Waals surface area (Å²) in [4.78, 5) is 21.4. The fourth-order valence-electron chi connectivity index (χ4n) is 2.87. The summed E-state index contributed by atoms with van der Waals surface area (Å²) in [5.74, 6) is -3.32. The van der Waals surface area contributed by atoms with Crippen molar-refractivity contribution in [2.45, 2.75) is 20.3 Å². The van der Waals surface area contributed by atoms with Crippen LogP contribution >= 0.6 is 0 Å². The van der Waals surface area contributed by atoms with Gasteiger partial charge in [-0.3, -0.25) is 10.2 Å². The molecule has 0 spiro atoms. The second-order valence-corrected chi connectivity index (χ2v) is 7.22. The van der Waals surface area contributed by atoms with Gasteiger partial charge in [0.05, 0.1) is 17.8 Å². The number of carbonyl (C=O) groups excluding carboxylic acids is 1. The molecule has 1 aliphatic rings. The first-order chi connectivity index (χ1) is 15.7. The van der Waals surface area contributed by atoms with Crippen LogP contribution in [0, 0.1) is 5.92 Å². The Balaban J connectivity index is 2.20. The summed E-state index contributed by atoms with van der Waals surface area (Å²) < 4.78 is 27.4. The largest absolute Gasteiger partial charge is 0.505 e. The third kappa shape index (κ3) is 7.57. The summed E-state index contributed by atoms with van der Waals surface area (Å²) in [6.45, 7) is 2.90. The summed E-state index contributed by atoms with van der Waals surface area (Å²) in [6, 6.07) is 6.25. The zero-order valence-corrected chi connectivity index (χ0v) is 18.2. The van der Waals surface area contributed by atoms with Gasteiger partial charge in [0.15, 0.2) is 0 Å². The summed E-state index contributed by atoms with van der Waals surface area (Å²) in [6.07, 6.45) is 7.68. The van der Waals surface area contributed by atoms with Crippen LogP contribution < -0.4 is 10.7 Å². The van der Waals surface area contributed by atoms with Crippen LogP contribution in [0.3, 0.4) is 0 Å². The van der Waals surface area contributed by atoms with Gasteiger partial charge in [0.25, 0.3) is 0 Å². The predicted molar refractivity (Wildman–Crippen MR) is 123 cm³/mol. The molecule has 0 radical (unpaired) electrons. The molecule has 1 atom stereocenters. The number of hydrogen-bond acceptors (Lipinski definition) is 5. The van der Waals surface area contributed by atoms with E-state index in [1.807, 2.05) is 6.08 Å². The van der Waals surface area contributed by atoms with Crippen molar-refractivity contribution in [3.8, 4) is 0 Å². The highest BCUT2D eigenvalue weighted by molar-refractivity contribution is 5.89. The fraction of sp³-hybridized carbons (Fsp3) is 0.208. The van der Waals surface area contributed by atoms with Gasteiger partial charge < -0.3 is 15.5 Å². The Morgan fingerprint density at radius 3 is 2.79 bits per heavy atom. The van der Waals surface area contributed by atoms with E-state index in [2.05, 4.69) is 15.8 Å². The minimum atomic E-state index is -1.07. The van der Waals surface area contributed by atoms with Crippen LogP contribution in [0.5, 0.6) is 0 Å². The Morgan fingerprint density at radius 1 is 1.33 bits per heavy atom. The molecule has 0 heterocycles. The van der Waals surface area contributed by atoms with Crippen LogP contribution in [0.2, 0.25) is 0 Å². The molecular formula is C24H25F2N3O4. The monoisotopic (exact) mass is 457 g/mol. The molecule has 0 aliphatic heterocycles. The predicted octanol–water partition coefficient (Wildman–Crippen LogP) is 4.55. The third-order valence-corrected chi connectivity index (χ3v) is 4.79. The summed E-state index contributed by atoms with van der Waals surface area (Å²) in [5.41, 5.74) is 4.67. The van der Waals surface area contributed by atoms with E-state index in [1.54, 1.807) is 38.1 Å². The van der Waals surface area contributed by atoms with Crippen LogP contribution in [0.15, 0.2) is 82.9 Å². The van der Waals surface area contributed by atoms with Crippen LogP contribution in [0.25, 0.3) is 5.57 Å². The van der Waals surface area contributed by atoms with E-state index >= 15 is 0 Å². The maximum absolute atomic E-state index is 14.0. The fourth-order valence-corrected chi connectivity index (χ4v) is 2.87. The number of aliphatic hydroxyl groups excluding tert-OH is 1. The molecular weight excluding hydrogens is 432 g/mol. The molecule has 0 saturated heterocycles. The molecule has 0 fully saturated rings. The van der Waals surface area contributed by atoms with Crippen molar-refractivity contribution in [2.75, 3.05) is 6.54 Å². The number of amides is 1. The number of carboxylic acid groups (broad SMARTS) is 1. The molecule has 4 N–H and O–H groups in total. The van der Waals surface area contributed by atoms with E-state index < -0.39 is 30.1 Å². The molecule has 0 bridgehead atoms. The number of allylic oxidation sites excluding steroid dienone is 7. The normalized spacial score (nSPS) is 16.1. The maximum atomic E-state index is 14.0. The lowest BCUT2D eigenvalue weighted by Gasteiger charge is -2.13. The van der Waals surface area contributed by atoms with E-state index in [9.17, 15) is 28.6 Å². The lowest BCUT2D eigenvalue weighted by atomic mass is 9.99. The van der Waals surface area contributed by atoms with Gasteiger partial charge in [0.2, 0.25) is 6.41 Å². The Bertz CT molecular complexity index is 1080. The van der Waals surface area contributed by atoms with Crippen LogP contribution in [0.4, 0.5) is 8.78 Å². The number of nitrogens with zero attached hydrogens (tertiary/aromatic N) is 1. The van der Waals surface area contributed by atoms with Crippen molar-refractivity contribution in [3.63, 3.8) is 0 Å². The number of nitrogens with one attached hydrogen (secondary N) is 2. The van der Waals surface area contributed by atoms with Gasteiger partial charge in [-0.05, 0) is 43.2 Å². The van der Waals surface area contributed by atoms with Gasteiger partial charge in [0, 0.05) is 23.3 Å². The molecule has 1 aromatic rings. The van der Waals surface area contributed by atoms with Crippen molar-refractivity contribution in [3.05, 3.63) is 88.9 Å². The van der Waals surface area contributed by atoms with E-state index in [4.69, 9.17) is 0 Å². The first-order valence-electron chi connectivity index (χ1n) is 10.1. The summed E-state index contributed by atoms with van der Waals surface area (Å²) in [7, 11) is 0. The van der Waals surface area contributed by atoms with E-state index in [0.29, 0.717) is 35.8 Å². The van der Waals surface area contributed by atoms with Crippen molar-refractivity contribution in [1.29, 1.82) is 0 Å². The number of carboxylic acids is 1. The Kier molecular flexibility index (Phi) is 9.29. The molecule has 2 rings (SSSR count). The number of aliphatic hydroxyl groups is 1. The molecule has 33 heavy (non-hydrogen) atoms. The van der Waals surface area contributed by atoms with Crippen LogP contribution in [-0.2, 0) is 4.79 Å². The van der Waals surface area contributed by atoms with Gasteiger partial charge in [-0.1, -0.05) is 31.2 Å². The smallest absolute Gasteiger partial charge is 0.335 e. The highest BCUT2D eigenvalue weighted by Crippen LogP contribution is 2.28. The second-order valence-electron chi connectivity index (χ2n) is 7.22. The van der Waals surface area contributed by atoms with Gasteiger partial charge in [-0.15, -0.1) is 0 Å². The number of halogens is 2. The first kappa shape index (κ1) is 25.3. The molecule has 7 nitrogen and oxygen atoms in total. The highest BCUT2D eigenvalue weighted by Gasteiger charge is 2.16. The zero-order valence-electron chi connectivity index (χ0n) is 18.2. The molecule has 0 aromatic heterocycles. The summed E-state index contributed by atoms with van der Waals surface area (Å²) >= 11 is 0. The molecule has 0 saturated carbocycles. The molecule has 1 amide bonds. The topological polar surface area (TPSA) is 111 Å². The standard InChI is InChI=1S/C24H25F2N3O4/c1-15(10-19(25)12-20(26)13-27-14-30)16(2)28-29-22-9-4-3-8-21(23(22)31)17-6-5-7-18(11-17)24(32)33/h3-7,9-12,14-15,29,31H,8,13H2,1-2H3,(H,27,30)(H,32,33)/b19-10+,20-12+,28-16+. The van der Waals surface area contributed by atoms with E-state index in [0.717, 1.165) is 0 Å². The number of aromatic carboxylic acids is 1. The average molecular weight is 457 g/mol. The average Bonchev–Trinajstić information content (AvgIpc) is 2.97. The number of benzene rings is 1. The molecule has 1 unspecified atom stereocenters. The summed E-state index contributed by atoms with van der Waals surface area (Å²) in [5, 5.41) is 26.3.